The lowest BCUT2D eigenvalue weighted by Crippen LogP contribution is -2.21. The molecule has 2 heterocycles. The highest BCUT2D eigenvalue weighted by Gasteiger charge is 1.99. The maximum Gasteiger partial charge on any atom is 0.138 e. The zero-order valence-electron chi connectivity index (χ0n) is 7.73. The first-order valence-corrected chi connectivity index (χ1v) is 4.13. The Balaban J connectivity index is 2.48. The molecular formula is C9H12N4. The van der Waals surface area contributed by atoms with E-state index in [1.807, 2.05) is 47.9 Å². The summed E-state index contributed by atoms with van der Waals surface area (Å²) in [6, 6.07) is 5.96. The van der Waals surface area contributed by atoms with Crippen LogP contribution in [0.3, 0.4) is 0 Å². The number of fused-ring (bicyclic) bond motifs is 1. The van der Waals surface area contributed by atoms with Gasteiger partial charge < -0.3 is 5.43 Å². The molecule has 0 unspecified atom stereocenters. The normalized spacial score (nSPS) is 11.0. The van der Waals surface area contributed by atoms with Crippen molar-refractivity contribution in [3.63, 3.8) is 0 Å². The minimum atomic E-state index is 0.951. The van der Waals surface area contributed by atoms with Gasteiger partial charge in [0.2, 0.25) is 0 Å². The number of pyridine rings is 1. The first-order valence-electron chi connectivity index (χ1n) is 4.13. The van der Waals surface area contributed by atoms with Crippen LogP contribution in [0.2, 0.25) is 0 Å². The molecule has 0 aliphatic rings. The average molecular weight is 176 g/mol. The van der Waals surface area contributed by atoms with Crippen LogP contribution in [0.1, 0.15) is 0 Å². The number of hydrazine groups is 1. The summed E-state index contributed by atoms with van der Waals surface area (Å²) in [4.78, 5) is 4.19. The van der Waals surface area contributed by atoms with Crippen LogP contribution in [0, 0.1) is 0 Å². The van der Waals surface area contributed by atoms with Crippen LogP contribution in [0.15, 0.2) is 30.6 Å². The van der Waals surface area contributed by atoms with Crippen molar-refractivity contribution in [1.29, 1.82) is 0 Å². The Morgan fingerprint density at radius 3 is 3.00 bits per heavy atom. The summed E-state index contributed by atoms with van der Waals surface area (Å²) < 4.78 is 2.00. The lowest BCUT2D eigenvalue weighted by Gasteiger charge is -2.14. The first kappa shape index (κ1) is 8.07. The van der Waals surface area contributed by atoms with E-state index in [4.69, 9.17) is 0 Å². The predicted octanol–water partition coefficient (Wildman–Crippen LogP) is 1.22. The van der Waals surface area contributed by atoms with Gasteiger partial charge in [-0.2, -0.15) is 0 Å². The number of nitrogens with zero attached hydrogens (tertiary/aromatic N) is 3. The Morgan fingerprint density at radius 1 is 1.38 bits per heavy atom. The monoisotopic (exact) mass is 176 g/mol. The molecule has 0 aromatic carbocycles. The lowest BCUT2D eigenvalue weighted by molar-refractivity contribution is 0.491. The van der Waals surface area contributed by atoms with Crippen molar-refractivity contribution in [1.82, 2.24) is 14.4 Å². The molecule has 0 saturated carbocycles. The number of nitrogens with one attached hydrogen (secondary N) is 1. The molecule has 0 saturated heterocycles. The Morgan fingerprint density at radius 2 is 2.23 bits per heavy atom. The fourth-order valence-corrected chi connectivity index (χ4v) is 1.27. The molecule has 0 atom stereocenters. The number of aromatic nitrogens is 2. The second-order valence-corrected chi connectivity index (χ2v) is 3.07. The van der Waals surface area contributed by atoms with Crippen LogP contribution in [0.25, 0.3) is 5.65 Å². The average Bonchev–Trinajstić information content (AvgIpc) is 2.51. The molecule has 0 bridgehead atoms. The van der Waals surface area contributed by atoms with Gasteiger partial charge in [-0.25, -0.2) is 9.99 Å². The molecule has 4 nitrogen and oxygen atoms in total. The Kier molecular flexibility index (Phi) is 1.90. The van der Waals surface area contributed by atoms with E-state index >= 15 is 0 Å². The van der Waals surface area contributed by atoms with E-state index in [1.165, 1.54) is 0 Å². The topological polar surface area (TPSA) is 32.6 Å². The summed E-state index contributed by atoms with van der Waals surface area (Å²) in [6.45, 7) is 0. The predicted molar refractivity (Wildman–Crippen MR) is 52.5 cm³/mol. The van der Waals surface area contributed by atoms with Gasteiger partial charge in [0.15, 0.2) is 0 Å². The molecular weight excluding hydrogens is 164 g/mol. The standard InChI is InChI=1S/C9H12N4/c1-12(2)11-9-5-3-4-8-10-6-7-13(8)9/h3-7,11H,1-2H3. The molecule has 0 fully saturated rings. The number of imidazole rings is 1. The lowest BCUT2D eigenvalue weighted by atomic mass is 10.4. The fraction of sp³-hybridized carbons (Fsp3) is 0.222. The third-order valence-electron chi connectivity index (χ3n) is 1.77. The van der Waals surface area contributed by atoms with Crippen molar-refractivity contribution in [2.24, 2.45) is 0 Å². The third-order valence-corrected chi connectivity index (χ3v) is 1.77. The summed E-state index contributed by atoms with van der Waals surface area (Å²) >= 11 is 0. The van der Waals surface area contributed by atoms with E-state index in [0.29, 0.717) is 0 Å². The minimum absolute atomic E-state index is 0.951. The summed E-state index contributed by atoms with van der Waals surface area (Å²) in [5, 5.41) is 1.90. The highest BCUT2D eigenvalue weighted by Crippen LogP contribution is 2.10. The SMILES string of the molecule is CN(C)Nc1cccc2nccn12. The maximum absolute atomic E-state index is 4.19. The van der Waals surface area contributed by atoms with Crippen LogP contribution in [0.5, 0.6) is 0 Å². The van der Waals surface area contributed by atoms with Gasteiger partial charge in [0.25, 0.3) is 0 Å². The molecule has 0 amide bonds. The van der Waals surface area contributed by atoms with Crippen molar-refractivity contribution < 1.29 is 0 Å². The van der Waals surface area contributed by atoms with Crippen LogP contribution < -0.4 is 5.43 Å². The van der Waals surface area contributed by atoms with Crippen LogP contribution >= 0.6 is 0 Å². The van der Waals surface area contributed by atoms with Gasteiger partial charge in [0, 0.05) is 26.5 Å². The van der Waals surface area contributed by atoms with Crippen LogP contribution in [-0.2, 0) is 0 Å². The third kappa shape index (κ3) is 1.48. The summed E-state index contributed by atoms with van der Waals surface area (Å²) in [7, 11) is 3.91. The van der Waals surface area contributed by atoms with Crippen LogP contribution in [-0.4, -0.2) is 28.5 Å². The molecule has 13 heavy (non-hydrogen) atoms. The van der Waals surface area contributed by atoms with Crippen molar-refractivity contribution in [2.45, 2.75) is 0 Å². The van der Waals surface area contributed by atoms with E-state index in [0.717, 1.165) is 11.5 Å². The van der Waals surface area contributed by atoms with Gasteiger partial charge in [-0.1, -0.05) is 6.07 Å². The van der Waals surface area contributed by atoms with Crippen molar-refractivity contribution in [3.8, 4) is 0 Å². The van der Waals surface area contributed by atoms with Gasteiger partial charge in [0.05, 0.1) is 0 Å². The van der Waals surface area contributed by atoms with E-state index in [1.54, 1.807) is 6.20 Å². The highest BCUT2D eigenvalue weighted by molar-refractivity contribution is 5.49. The summed E-state index contributed by atoms with van der Waals surface area (Å²) in [5.41, 5.74) is 4.14. The molecule has 2 aromatic rings. The van der Waals surface area contributed by atoms with Crippen molar-refractivity contribution in [2.75, 3.05) is 19.5 Å². The second kappa shape index (κ2) is 3.06. The second-order valence-electron chi connectivity index (χ2n) is 3.07. The molecule has 0 radical (unpaired) electrons. The molecule has 0 spiro atoms. The summed E-state index contributed by atoms with van der Waals surface area (Å²) in [6.07, 6.45) is 3.72. The molecule has 0 aliphatic heterocycles. The molecule has 68 valence electrons. The number of anilines is 1. The number of rotatable bonds is 2. The molecule has 0 aliphatic carbocycles. The minimum Gasteiger partial charge on any atom is -0.305 e. The van der Waals surface area contributed by atoms with Crippen molar-refractivity contribution in [3.05, 3.63) is 30.6 Å². The van der Waals surface area contributed by atoms with Gasteiger partial charge >= 0.3 is 0 Å². The Hall–Kier alpha value is -1.55. The Bertz CT molecular complexity index is 405. The van der Waals surface area contributed by atoms with E-state index in [9.17, 15) is 0 Å². The number of hydrogen-bond donors (Lipinski definition) is 1. The first-order chi connectivity index (χ1) is 6.27. The molecule has 2 rings (SSSR count). The van der Waals surface area contributed by atoms with Crippen LogP contribution in [0.4, 0.5) is 5.82 Å². The fourth-order valence-electron chi connectivity index (χ4n) is 1.27. The zero-order valence-corrected chi connectivity index (χ0v) is 7.73. The molecule has 1 N–H and O–H groups in total. The van der Waals surface area contributed by atoms with E-state index in [-0.39, 0.29) is 0 Å². The molecule has 4 heteroatoms. The maximum atomic E-state index is 4.19. The van der Waals surface area contributed by atoms with Crippen molar-refractivity contribution >= 4 is 11.5 Å². The van der Waals surface area contributed by atoms with Gasteiger partial charge in [-0.15, -0.1) is 0 Å². The Labute approximate surface area is 76.8 Å². The zero-order chi connectivity index (χ0) is 9.26. The van der Waals surface area contributed by atoms with Gasteiger partial charge in [0.1, 0.15) is 11.5 Å². The van der Waals surface area contributed by atoms with Gasteiger partial charge in [-0.05, 0) is 12.1 Å². The largest absolute Gasteiger partial charge is 0.305 e. The summed E-state index contributed by atoms with van der Waals surface area (Å²) in [5.74, 6) is 1.01. The van der Waals surface area contributed by atoms with Gasteiger partial charge in [-0.3, -0.25) is 4.40 Å². The number of hydrogen-bond acceptors (Lipinski definition) is 3. The highest BCUT2D eigenvalue weighted by atomic mass is 15.5. The molecule has 2 aromatic heterocycles. The quantitative estimate of drug-likeness (QED) is 0.698. The smallest absolute Gasteiger partial charge is 0.138 e. The van der Waals surface area contributed by atoms with E-state index in [2.05, 4.69) is 10.4 Å². The van der Waals surface area contributed by atoms with E-state index < -0.39 is 0 Å².